The van der Waals surface area contributed by atoms with Crippen LogP contribution >= 0.6 is 11.8 Å². The van der Waals surface area contributed by atoms with Gasteiger partial charge in [0.15, 0.2) is 10.8 Å². The fourth-order valence-corrected chi connectivity index (χ4v) is 3.26. The summed E-state index contributed by atoms with van der Waals surface area (Å²) < 4.78 is 6.88. The van der Waals surface area contributed by atoms with Gasteiger partial charge in [0.1, 0.15) is 5.82 Å². The lowest BCUT2D eigenvalue weighted by Crippen LogP contribution is -2.27. The van der Waals surface area contributed by atoms with Crippen molar-refractivity contribution in [1.29, 1.82) is 0 Å². The van der Waals surface area contributed by atoms with E-state index < -0.39 is 0 Å². The Bertz CT molecular complexity index is 1010. The van der Waals surface area contributed by atoms with E-state index in [4.69, 9.17) is 4.74 Å². The lowest BCUT2D eigenvalue weighted by atomic mass is 10.2. The van der Waals surface area contributed by atoms with Gasteiger partial charge in [-0.1, -0.05) is 17.8 Å². The molecule has 0 bridgehead atoms. The van der Waals surface area contributed by atoms with Crippen LogP contribution in [0.2, 0.25) is 0 Å². The van der Waals surface area contributed by atoms with Gasteiger partial charge in [0.05, 0.1) is 24.7 Å². The van der Waals surface area contributed by atoms with Crippen molar-refractivity contribution in [2.45, 2.75) is 11.7 Å². The number of aromatic nitrogens is 4. The number of benzene rings is 1. The number of nitrogens with one attached hydrogen (secondary N) is 2. The SMILES string of the molecule is COCCNc1nc(SC)nc2c1cnn2CCNC(=O)c1cccc(N(C)C)c1. The average molecular weight is 430 g/mol. The molecule has 0 spiro atoms. The summed E-state index contributed by atoms with van der Waals surface area (Å²) in [5.41, 5.74) is 2.34. The van der Waals surface area contributed by atoms with Crippen molar-refractivity contribution in [3.63, 3.8) is 0 Å². The smallest absolute Gasteiger partial charge is 0.251 e. The zero-order valence-corrected chi connectivity index (χ0v) is 18.5. The van der Waals surface area contributed by atoms with Crippen molar-refractivity contribution in [1.82, 2.24) is 25.1 Å². The van der Waals surface area contributed by atoms with E-state index in [9.17, 15) is 4.79 Å². The van der Waals surface area contributed by atoms with E-state index in [1.54, 1.807) is 18.0 Å². The second kappa shape index (κ2) is 10.3. The van der Waals surface area contributed by atoms with Crippen LogP contribution in [-0.4, -0.2) is 72.8 Å². The van der Waals surface area contributed by atoms with Crippen molar-refractivity contribution in [3.8, 4) is 0 Å². The molecule has 2 N–H and O–H groups in total. The van der Waals surface area contributed by atoms with Crippen molar-refractivity contribution in [2.24, 2.45) is 0 Å². The van der Waals surface area contributed by atoms with Crippen LogP contribution in [0.5, 0.6) is 0 Å². The number of anilines is 2. The minimum Gasteiger partial charge on any atom is -0.383 e. The summed E-state index contributed by atoms with van der Waals surface area (Å²) in [5.74, 6) is 0.619. The first-order valence-electron chi connectivity index (χ1n) is 9.59. The third kappa shape index (κ3) is 5.19. The maximum atomic E-state index is 12.5. The number of methoxy groups -OCH3 is 1. The molecule has 3 aromatic rings. The molecule has 3 rings (SSSR count). The molecule has 2 aromatic heterocycles. The standard InChI is InChI=1S/C20H27N7O2S/c1-26(2)15-7-5-6-14(12-15)19(28)22-8-10-27-18-16(13-23-27)17(21-9-11-29-3)24-20(25-18)30-4/h5-7,12-13H,8-11H2,1-4H3,(H,22,28)(H,21,24,25). The Morgan fingerprint density at radius 2 is 2.10 bits per heavy atom. The van der Waals surface area contributed by atoms with Crippen molar-refractivity contribution < 1.29 is 9.53 Å². The number of hydrogen-bond donors (Lipinski definition) is 2. The second-order valence-corrected chi connectivity index (χ2v) is 7.56. The monoisotopic (exact) mass is 429 g/mol. The molecular weight excluding hydrogens is 402 g/mol. The predicted octanol–water partition coefficient (Wildman–Crippen LogP) is 2.10. The highest BCUT2D eigenvalue weighted by Crippen LogP contribution is 2.23. The Morgan fingerprint density at radius 1 is 1.27 bits per heavy atom. The highest BCUT2D eigenvalue weighted by molar-refractivity contribution is 7.98. The molecule has 160 valence electrons. The second-order valence-electron chi connectivity index (χ2n) is 6.78. The summed E-state index contributed by atoms with van der Waals surface area (Å²) in [6.45, 7) is 2.16. The minimum atomic E-state index is -0.114. The Morgan fingerprint density at radius 3 is 2.83 bits per heavy atom. The quantitative estimate of drug-likeness (QED) is 0.287. The number of hydrogen-bond acceptors (Lipinski definition) is 8. The average Bonchev–Trinajstić information content (AvgIpc) is 3.16. The van der Waals surface area contributed by atoms with E-state index in [2.05, 4.69) is 25.7 Å². The third-order valence-electron chi connectivity index (χ3n) is 4.49. The van der Waals surface area contributed by atoms with Gasteiger partial charge in [-0.05, 0) is 24.5 Å². The van der Waals surface area contributed by atoms with Gasteiger partial charge in [-0.3, -0.25) is 4.79 Å². The number of carbonyl (C=O) groups is 1. The fourth-order valence-electron chi connectivity index (χ4n) is 2.90. The lowest BCUT2D eigenvalue weighted by Gasteiger charge is -2.13. The van der Waals surface area contributed by atoms with E-state index >= 15 is 0 Å². The largest absolute Gasteiger partial charge is 0.383 e. The maximum absolute atomic E-state index is 12.5. The third-order valence-corrected chi connectivity index (χ3v) is 5.04. The number of rotatable bonds is 10. The van der Waals surface area contributed by atoms with Crippen LogP contribution < -0.4 is 15.5 Å². The number of fused-ring (bicyclic) bond motifs is 1. The summed E-state index contributed by atoms with van der Waals surface area (Å²) in [7, 11) is 5.56. The first kappa shape index (κ1) is 21.8. The van der Waals surface area contributed by atoms with Crippen LogP contribution in [0.4, 0.5) is 11.5 Å². The molecular formula is C20H27N7O2S. The zero-order chi connectivity index (χ0) is 21.5. The number of thioether (sulfide) groups is 1. The molecule has 0 aliphatic carbocycles. The summed E-state index contributed by atoms with van der Waals surface area (Å²) in [6, 6.07) is 7.52. The van der Waals surface area contributed by atoms with Gasteiger partial charge in [0.25, 0.3) is 5.91 Å². The minimum absolute atomic E-state index is 0.114. The molecule has 0 radical (unpaired) electrons. The molecule has 0 aliphatic heterocycles. The number of ether oxygens (including phenoxy) is 1. The molecule has 1 aromatic carbocycles. The normalized spacial score (nSPS) is 10.9. The molecule has 0 saturated carbocycles. The van der Waals surface area contributed by atoms with Gasteiger partial charge in [0.2, 0.25) is 0 Å². The van der Waals surface area contributed by atoms with Crippen LogP contribution in [0.25, 0.3) is 11.0 Å². The Labute approximate surface area is 180 Å². The number of nitrogens with zero attached hydrogens (tertiary/aromatic N) is 5. The first-order chi connectivity index (χ1) is 14.5. The van der Waals surface area contributed by atoms with Crippen LogP contribution in [0, 0.1) is 0 Å². The van der Waals surface area contributed by atoms with Crippen LogP contribution in [0.1, 0.15) is 10.4 Å². The number of amides is 1. The summed E-state index contributed by atoms with van der Waals surface area (Å²) >= 11 is 1.47. The van der Waals surface area contributed by atoms with Gasteiger partial charge < -0.3 is 20.3 Å². The van der Waals surface area contributed by atoms with Gasteiger partial charge in [0, 0.05) is 45.5 Å². The molecule has 1 amide bonds. The molecule has 0 saturated heterocycles. The molecule has 9 nitrogen and oxygen atoms in total. The molecule has 0 fully saturated rings. The number of carbonyl (C=O) groups excluding carboxylic acids is 1. The van der Waals surface area contributed by atoms with Gasteiger partial charge in [-0.15, -0.1) is 0 Å². The molecule has 10 heteroatoms. The maximum Gasteiger partial charge on any atom is 0.251 e. The van der Waals surface area contributed by atoms with E-state index in [1.807, 2.05) is 49.5 Å². The van der Waals surface area contributed by atoms with E-state index in [0.717, 1.165) is 22.5 Å². The summed E-state index contributed by atoms with van der Waals surface area (Å²) in [6.07, 6.45) is 3.68. The molecule has 0 unspecified atom stereocenters. The molecule has 0 atom stereocenters. The predicted molar refractivity (Wildman–Crippen MR) is 121 cm³/mol. The van der Waals surface area contributed by atoms with E-state index in [-0.39, 0.29) is 5.91 Å². The van der Waals surface area contributed by atoms with Crippen LogP contribution in [-0.2, 0) is 11.3 Å². The first-order valence-corrected chi connectivity index (χ1v) is 10.8. The lowest BCUT2D eigenvalue weighted by molar-refractivity contribution is 0.0952. The van der Waals surface area contributed by atoms with Crippen LogP contribution in [0.15, 0.2) is 35.6 Å². The summed E-state index contributed by atoms with van der Waals surface area (Å²) in [4.78, 5) is 23.6. The molecule has 0 aliphatic rings. The van der Waals surface area contributed by atoms with E-state index in [1.165, 1.54) is 11.8 Å². The molecule has 30 heavy (non-hydrogen) atoms. The highest BCUT2D eigenvalue weighted by Gasteiger charge is 2.13. The summed E-state index contributed by atoms with van der Waals surface area (Å²) in [5, 5.41) is 12.2. The van der Waals surface area contributed by atoms with Gasteiger partial charge in [-0.2, -0.15) is 5.10 Å². The van der Waals surface area contributed by atoms with Crippen molar-refractivity contribution in [2.75, 3.05) is 57.4 Å². The van der Waals surface area contributed by atoms with Crippen molar-refractivity contribution in [3.05, 3.63) is 36.0 Å². The highest BCUT2D eigenvalue weighted by atomic mass is 32.2. The topological polar surface area (TPSA) is 97.2 Å². The van der Waals surface area contributed by atoms with E-state index in [0.29, 0.717) is 37.0 Å². The van der Waals surface area contributed by atoms with Crippen LogP contribution in [0.3, 0.4) is 0 Å². The Balaban J connectivity index is 1.69. The Kier molecular flexibility index (Phi) is 7.47. The Hall–Kier alpha value is -2.85. The molecule has 2 heterocycles. The van der Waals surface area contributed by atoms with Gasteiger partial charge in [-0.25, -0.2) is 14.6 Å². The zero-order valence-electron chi connectivity index (χ0n) is 17.7. The fraction of sp³-hybridized carbons (Fsp3) is 0.400. The van der Waals surface area contributed by atoms with Gasteiger partial charge >= 0.3 is 0 Å². The van der Waals surface area contributed by atoms with Crippen molar-refractivity contribution >= 4 is 40.2 Å².